The van der Waals surface area contributed by atoms with E-state index in [1.54, 1.807) is 0 Å². The van der Waals surface area contributed by atoms with Gasteiger partial charge in [-0.1, -0.05) is 12.8 Å². The first kappa shape index (κ1) is 9.01. The summed E-state index contributed by atoms with van der Waals surface area (Å²) >= 11 is 0. The zero-order valence-corrected chi connectivity index (χ0v) is 7.55. The van der Waals surface area contributed by atoms with Crippen molar-refractivity contribution in [3.63, 3.8) is 0 Å². The number of ether oxygens (including phenoxy) is 1. The molecule has 0 heterocycles. The largest absolute Gasteiger partial charge is 0.377 e. The molecule has 1 unspecified atom stereocenters. The van der Waals surface area contributed by atoms with Gasteiger partial charge in [-0.25, -0.2) is 0 Å². The fourth-order valence-electron chi connectivity index (χ4n) is 1.17. The molecule has 0 radical (unpaired) electrons. The Kier molecular flexibility index (Phi) is 3.34. The van der Waals surface area contributed by atoms with Gasteiger partial charge in [0.05, 0.1) is 12.7 Å². The SMILES string of the molecule is CC(C)OCC(N)CC1CC1. The summed E-state index contributed by atoms with van der Waals surface area (Å²) in [4.78, 5) is 0. The van der Waals surface area contributed by atoms with Gasteiger partial charge in [-0.05, 0) is 26.2 Å². The van der Waals surface area contributed by atoms with Crippen molar-refractivity contribution in [3.8, 4) is 0 Å². The van der Waals surface area contributed by atoms with Crippen molar-refractivity contribution in [2.24, 2.45) is 11.7 Å². The predicted molar refractivity (Wildman–Crippen MR) is 46.4 cm³/mol. The van der Waals surface area contributed by atoms with E-state index in [1.165, 1.54) is 12.8 Å². The first-order valence-corrected chi connectivity index (χ1v) is 4.55. The van der Waals surface area contributed by atoms with E-state index in [9.17, 15) is 0 Å². The summed E-state index contributed by atoms with van der Waals surface area (Å²) in [5.74, 6) is 0.917. The average molecular weight is 157 g/mol. The molecule has 0 aromatic carbocycles. The third-order valence-corrected chi connectivity index (χ3v) is 1.98. The lowest BCUT2D eigenvalue weighted by atomic mass is 10.1. The maximum Gasteiger partial charge on any atom is 0.0621 e. The van der Waals surface area contributed by atoms with Crippen molar-refractivity contribution in [3.05, 3.63) is 0 Å². The van der Waals surface area contributed by atoms with E-state index in [2.05, 4.69) is 0 Å². The number of nitrogens with two attached hydrogens (primary N) is 1. The van der Waals surface area contributed by atoms with Crippen LogP contribution >= 0.6 is 0 Å². The molecule has 0 saturated heterocycles. The number of rotatable bonds is 5. The molecule has 1 saturated carbocycles. The van der Waals surface area contributed by atoms with Crippen LogP contribution in [0.3, 0.4) is 0 Å². The third kappa shape index (κ3) is 4.38. The van der Waals surface area contributed by atoms with Crippen molar-refractivity contribution >= 4 is 0 Å². The van der Waals surface area contributed by atoms with Gasteiger partial charge in [-0.2, -0.15) is 0 Å². The maximum atomic E-state index is 5.84. The molecule has 2 nitrogen and oxygen atoms in total. The summed E-state index contributed by atoms with van der Waals surface area (Å²) in [6.07, 6.45) is 4.25. The van der Waals surface area contributed by atoms with Gasteiger partial charge in [0.1, 0.15) is 0 Å². The van der Waals surface area contributed by atoms with E-state index >= 15 is 0 Å². The van der Waals surface area contributed by atoms with Gasteiger partial charge >= 0.3 is 0 Å². The molecule has 1 atom stereocenters. The minimum Gasteiger partial charge on any atom is -0.377 e. The maximum absolute atomic E-state index is 5.84. The molecule has 2 heteroatoms. The van der Waals surface area contributed by atoms with Gasteiger partial charge in [0.2, 0.25) is 0 Å². The highest BCUT2D eigenvalue weighted by molar-refractivity contribution is 4.78. The van der Waals surface area contributed by atoms with E-state index in [0.29, 0.717) is 6.10 Å². The topological polar surface area (TPSA) is 35.2 Å². The van der Waals surface area contributed by atoms with E-state index in [0.717, 1.165) is 18.9 Å². The Morgan fingerprint density at radius 3 is 2.55 bits per heavy atom. The van der Waals surface area contributed by atoms with Gasteiger partial charge in [-0.3, -0.25) is 0 Å². The molecule has 0 amide bonds. The zero-order valence-electron chi connectivity index (χ0n) is 7.55. The lowest BCUT2D eigenvalue weighted by molar-refractivity contribution is 0.0660. The molecule has 0 spiro atoms. The Hall–Kier alpha value is -0.0800. The highest BCUT2D eigenvalue weighted by Gasteiger charge is 2.23. The highest BCUT2D eigenvalue weighted by atomic mass is 16.5. The smallest absolute Gasteiger partial charge is 0.0621 e. The fourth-order valence-corrected chi connectivity index (χ4v) is 1.17. The second-order valence-electron chi connectivity index (χ2n) is 3.82. The summed E-state index contributed by atoms with van der Waals surface area (Å²) in [6.45, 7) is 4.82. The summed E-state index contributed by atoms with van der Waals surface area (Å²) in [7, 11) is 0. The van der Waals surface area contributed by atoms with Gasteiger partial charge in [-0.15, -0.1) is 0 Å². The van der Waals surface area contributed by atoms with E-state index in [-0.39, 0.29) is 6.04 Å². The number of hydrogen-bond donors (Lipinski definition) is 1. The second-order valence-corrected chi connectivity index (χ2v) is 3.82. The van der Waals surface area contributed by atoms with Gasteiger partial charge in [0, 0.05) is 6.04 Å². The lowest BCUT2D eigenvalue weighted by Crippen LogP contribution is -2.28. The van der Waals surface area contributed by atoms with Crippen LogP contribution in [0.4, 0.5) is 0 Å². The van der Waals surface area contributed by atoms with Gasteiger partial charge in [0.15, 0.2) is 0 Å². The molecule has 1 rings (SSSR count). The molecule has 66 valence electrons. The second kappa shape index (κ2) is 4.07. The molecule has 0 aliphatic heterocycles. The van der Waals surface area contributed by atoms with Crippen LogP contribution in [0.2, 0.25) is 0 Å². The quantitative estimate of drug-likeness (QED) is 0.657. The zero-order chi connectivity index (χ0) is 8.27. The van der Waals surface area contributed by atoms with Crippen molar-refractivity contribution in [1.82, 2.24) is 0 Å². The Bertz CT molecular complexity index is 110. The molecule has 0 bridgehead atoms. The summed E-state index contributed by atoms with van der Waals surface area (Å²) in [6, 6.07) is 0.268. The Morgan fingerprint density at radius 2 is 2.09 bits per heavy atom. The average Bonchev–Trinajstić information content (AvgIpc) is 2.67. The lowest BCUT2D eigenvalue weighted by Gasteiger charge is -2.13. The molecule has 1 aliphatic rings. The van der Waals surface area contributed by atoms with E-state index in [4.69, 9.17) is 10.5 Å². The van der Waals surface area contributed by atoms with Crippen molar-refractivity contribution in [1.29, 1.82) is 0 Å². The Morgan fingerprint density at radius 1 is 1.45 bits per heavy atom. The van der Waals surface area contributed by atoms with Gasteiger partial charge < -0.3 is 10.5 Å². The summed E-state index contributed by atoms with van der Waals surface area (Å²) in [5.41, 5.74) is 5.84. The number of hydrogen-bond acceptors (Lipinski definition) is 2. The molecular formula is C9H19NO. The Labute approximate surface area is 69.1 Å². The molecule has 1 fully saturated rings. The molecule has 0 aromatic rings. The molecule has 0 aromatic heterocycles. The van der Waals surface area contributed by atoms with Crippen molar-refractivity contribution in [2.45, 2.75) is 45.3 Å². The highest BCUT2D eigenvalue weighted by Crippen LogP contribution is 2.33. The normalized spacial score (nSPS) is 20.7. The fraction of sp³-hybridized carbons (Fsp3) is 1.00. The predicted octanol–water partition coefficient (Wildman–Crippen LogP) is 1.54. The van der Waals surface area contributed by atoms with E-state index in [1.807, 2.05) is 13.8 Å². The minimum atomic E-state index is 0.268. The monoisotopic (exact) mass is 157 g/mol. The summed E-state index contributed by atoms with van der Waals surface area (Å²) in [5, 5.41) is 0. The molecular weight excluding hydrogens is 138 g/mol. The van der Waals surface area contributed by atoms with Crippen LogP contribution in [0, 0.1) is 5.92 Å². The molecule has 1 aliphatic carbocycles. The van der Waals surface area contributed by atoms with Crippen LogP contribution in [0.25, 0.3) is 0 Å². The van der Waals surface area contributed by atoms with Crippen molar-refractivity contribution < 1.29 is 4.74 Å². The minimum absolute atomic E-state index is 0.268. The van der Waals surface area contributed by atoms with Crippen LogP contribution in [-0.2, 0) is 4.74 Å². The third-order valence-electron chi connectivity index (χ3n) is 1.98. The molecule has 2 N–H and O–H groups in total. The van der Waals surface area contributed by atoms with E-state index < -0.39 is 0 Å². The Balaban J connectivity index is 1.95. The van der Waals surface area contributed by atoms with Crippen LogP contribution in [0.1, 0.15) is 33.1 Å². The first-order valence-electron chi connectivity index (χ1n) is 4.55. The van der Waals surface area contributed by atoms with Crippen LogP contribution in [0.15, 0.2) is 0 Å². The summed E-state index contributed by atoms with van der Waals surface area (Å²) < 4.78 is 5.41. The van der Waals surface area contributed by atoms with Crippen molar-refractivity contribution in [2.75, 3.05) is 6.61 Å². The van der Waals surface area contributed by atoms with Gasteiger partial charge in [0.25, 0.3) is 0 Å². The van der Waals surface area contributed by atoms with Crippen LogP contribution in [-0.4, -0.2) is 18.8 Å². The van der Waals surface area contributed by atoms with Crippen LogP contribution < -0.4 is 5.73 Å². The molecule has 11 heavy (non-hydrogen) atoms. The first-order chi connectivity index (χ1) is 5.18. The standard InChI is InChI=1S/C9H19NO/c1-7(2)11-6-9(10)5-8-3-4-8/h7-9H,3-6,10H2,1-2H3. The van der Waals surface area contributed by atoms with Crippen LogP contribution in [0.5, 0.6) is 0 Å².